The summed E-state index contributed by atoms with van der Waals surface area (Å²) in [5, 5.41) is 22.1. The highest BCUT2D eigenvalue weighted by Gasteiger charge is 2.22. The first-order valence-electron chi connectivity index (χ1n) is 7.85. The first-order valence-corrected chi connectivity index (χ1v) is 9.46. The minimum Gasteiger partial charge on any atom is -0.312 e. The molecule has 3 rings (SSSR count). The second-order valence-corrected chi connectivity index (χ2v) is 7.73. The molecular formula is C19H14BrN3OS. The third-order valence-electron chi connectivity index (χ3n) is 4.03. The fourth-order valence-corrected chi connectivity index (χ4v) is 4.51. The summed E-state index contributed by atoms with van der Waals surface area (Å²) in [6, 6.07) is 11.5. The molecular weight excluding hydrogens is 398 g/mol. The molecule has 0 unspecified atom stereocenters. The number of thiophene rings is 1. The summed E-state index contributed by atoms with van der Waals surface area (Å²) < 4.78 is 0.872. The van der Waals surface area contributed by atoms with Crippen LogP contribution < -0.4 is 5.32 Å². The van der Waals surface area contributed by atoms with E-state index in [0.29, 0.717) is 10.6 Å². The molecule has 1 heterocycles. The van der Waals surface area contributed by atoms with Gasteiger partial charge in [0.25, 0.3) is 5.91 Å². The fourth-order valence-electron chi connectivity index (χ4n) is 2.85. The van der Waals surface area contributed by atoms with E-state index in [9.17, 15) is 15.3 Å². The highest BCUT2D eigenvalue weighted by molar-refractivity contribution is 9.10. The molecule has 124 valence electrons. The van der Waals surface area contributed by atoms with E-state index >= 15 is 0 Å². The maximum Gasteiger partial charge on any atom is 0.266 e. The quantitative estimate of drug-likeness (QED) is 0.581. The minimum absolute atomic E-state index is 0.00774. The zero-order valence-corrected chi connectivity index (χ0v) is 15.7. The van der Waals surface area contributed by atoms with Crippen molar-refractivity contribution in [1.82, 2.24) is 0 Å². The van der Waals surface area contributed by atoms with Crippen molar-refractivity contribution in [3.63, 3.8) is 0 Å². The van der Waals surface area contributed by atoms with Crippen LogP contribution in [0.25, 0.3) is 6.08 Å². The molecule has 0 saturated carbocycles. The maximum absolute atomic E-state index is 12.5. The molecule has 0 spiro atoms. The molecule has 1 N–H and O–H groups in total. The van der Waals surface area contributed by atoms with Crippen LogP contribution in [0.2, 0.25) is 0 Å². The Kier molecular flexibility index (Phi) is 5.33. The predicted molar refractivity (Wildman–Crippen MR) is 102 cm³/mol. The number of anilines is 1. The monoisotopic (exact) mass is 411 g/mol. The standard InChI is InChI=1S/C19H14BrN3OS/c20-14-5-3-4-12(9-14)8-13(10-21)18(24)23-19-16(11-22)15-6-1-2-7-17(15)25-19/h3-5,8-9H,1-2,6-7H2,(H,23,24). The molecule has 25 heavy (non-hydrogen) atoms. The normalized spacial score (nSPS) is 13.5. The second kappa shape index (κ2) is 7.65. The Balaban J connectivity index is 1.88. The number of nitrogens with zero attached hydrogens (tertiary/aromatic N) is 2. The number of hydrogen-bond donors (Lipinski definition) is 1. The minimum atomic E-state index is -0.488. The van der Waals surface area contributed by atoms with Crippen LogP contribution in [0, 0.1) is 22.7 Å². The van der Waals surface area contributed by atoms with Crippen molar-refractivity contribution in [2.24, 2.45) is 0 Å². The van der Waals surface area contributed by atoms with Gasteiger partial charge in [-0.1, -0.05) is 28.1 Å². The van der Waals surface area contributed by atoms with E-state index < -0.39 is 5.91 Å². The van der Waals surface area contributed by atoms with Gasteiger partial charge in [0.15, 0.2) is 0 Å². The van der Waals surface area contributed by atoms with Crippen LogP contribution in [0.5, 0.6) is 0 Å². The number of aryl methyl sites for hydroxylation is 1. The number of rotatable bonds is 3. The highest BCUT2D eigenvalue weighted by atomic mass is 79.9. The van der Waals surface area contributed by atoms with E-state index in [0.717, 1.165) is 41.3 Å². The molecule has 0 radical (unpaired) electrons. The molecule has 0 saturated heterocycles. The number of halogens is 1. The van der Waals surface area contributed by atoms with Crippen molar-refractivity contribution >= 4 is 44.3 Å². The van der Waals surface area contributed by atoms with Crippen LogP contribution >= 0.6 is 27.3 Å². The van der Waals surface area contributed by atoms with Crippen molar-refractivity contribution in [3.8, 4) is 12.1 Å². The molecule has 1 aliphatic rings. The zero-order chi connectivity index (χ0) is 17.8. The van der Waals surface area contributed by atoms with Gasteiger partial charge in [-0.3, -0.25) is 4.79 Å². The van der Waals surface area contributed by atoms with E-state index in [1.165, 1.54) is 16.2 Å². The van der Waals surface area contributed by atoms with Gasteiger partial charge in [-0.05, 0) is 55.0 Å². The van der Waals surface area contributed by atoms with Crippen molar-refractivity contribution in [2.45, 2.75) is 25.7 Å². The lowest BCUT2D eigenvalue weighted by molar-refractivity contribution is -0.112. The SMILES string of the molecule is N#CC(=Cc1cccc(Br)c1)C(=O)Nc1sc2c(c1C#N)CCCC2. The summed E-state index contributed by atoms with van der Waals surface area (Å²) >= 11 is 4.82. The number of nitriles is 2. The highest BCUT2D eigenvalue weighted by Crippen LogP contribution is 2.37. The van der Waals surface area contributed by atoms with Gasteiger partial charge < -0.3 is 5.32 Å². The Hall–Kier alpha value is -2.41. The second-order valence-electron chi connectivity index (χ2n) is 5.71. The first-order chi connectivity index (χ1) is 12.1. The van der Waals surface area contributed by atoms with Gasteiger partial charge >= 0.3 is 0 Å². The van der Waals surface area contributed by atoms with Gasteiger partial charge in [-0.25, -0.2) is 0 Å². The van der Waals surface area contributed by atoms with Gasteiger partial charge in [-0.15, -0.1) is 11.3 Å². The Morgan fingerprint density at radius 2 is 2.08 bits per heavy atom. The Morgan fingerprint density at radius 1 is 1.28 bits per heavy atom. The molecule has 0 aliphatic heterocycles. The van der Waals surface area contributed by atoms with Crippen LogP contribution in [-0.4, -0.2) is 5.91 Å². The average Bonchev–Trinajstić information content (AvgIpc) is 2.96. The summed E-state index contributed by atoms with van der Waals surface area (Å²) in [5.41, 5.74) is 2.37. The molecule has 0 bridgehead atoms. The third kappa shape index (κ3) is 3.82. The molecule has 1 aliphatic carbocycles. The van der Waals surface area contributed by atoms with E-state index in [4.69, 9.17) is 0 Å². The number of carbonyl (C=O) groups excluding carboxylic acids is 1. The van der Waals surface area contributed by atoms with Crippen LogP contribution in [0.15, 0.2) is 34.3 Å². The maximum atomic E-state index is 12.5. The average molecular weight is 412 g/mol. The summed E-state index contributed by atoms with van der Waals surface area (Å²) in [4.78, 5) is 13.7. The van der Waals surface area contributed by atoms with E-state index in [-0.39, 0.29) is 5.57 Å². The van der Waals surface area contributed by atoms with Crippen LogP contribution in [0.4, 0.5) is 5.00 Å². The Labute approximate surface area is 158 Å². The van der Waals surface area contributed by atoms with Crippen LogP contribution in [0.3, 0.4) is 0 Å². The molecule has 4 nitrogen and oxygen atoms in total. The number of carbonyl (C=O) groups is 1. The number of benzene rings is 1. The topological polar surface area (TPSA) is 76.7 Å². The van der Waals surface area contributed by atoms with Crippen LogP contribution in [0.1, 0.15) is 34.4 Å². The molecule has 0 atom stereocenters. The molecule has 0 fully saturated rings. The summed E-state index contributed by atoms with van der Waals surface area (Å²) in [6.45, 7) is 0. The van der Waals surface area contributed by atoms with E-state index in [1.54, 1.807) is 6.08 Å². The van der Waals surface area contributed by atoms with Gasteiger partial charge in [0.1, 0.15) is 22.7 Å². The smallest absolute Gasteiger partial charge is 0.266 e. The van der Waals surface area contributed by atoms with Crippen molar-refractivity contribution < 1.29 is 4.79 Å². The number of amides is 1. The van der Waals surface area contributed by atoms with E-state index in [2.05, 4.69) is 27.3 Å². The molecule has 1 aromatic heterocycles. The lowest BCUT2D eigenvalue weighted by Gasteiger charge is -2.09. The summed E-state index contributed by atoms with van der Waals surface area (Å²) in [7, 11) is 0. The van der Waals surface area contributed by atoms with E-state index in [1.807, 2.05) is 30.3 Å². The lowest BCUT2D eigenvalue weighted by atomic mass is 9.96. The summed E-state index contributed by atoms with van der Waals surface area (Å²) in [6.07, 6.45) is 5.54. The van der Waals surface area contributed by atoms with Gasteiger partial charge in [0.2, 0.25) is 0 Å². The number of nitrogens with one attached hydrogen (secondary N) is 1. The largest absolute Gasteiger partial charge is 0.312 e. The van der Waals surface area contributed by atoms with Gasteiger partial charge in [-0.2, -0.15) is 10.5 Å². The first kappa shape index (κ1) is 17.4. The molecule has 1 aromatic carbocycles. The molecule has 1 amide bonds. The summed E-state index contributed by atoms with van der Waals surface area (Å²) in [5.74, 6) is -0.488. The number of hydrogen-bond acceptors (Lipinski definition) is 4. The van der Waals surface area contributed by atoms with Crippen molar-refractivity contribution in [3.05, 3.63) is 55.9 Å². The third-order valence-corrected chi connectivity index (χ3v) is 5.74. The fraction of sp³-hybridized carbons (Fsp3) is 0.211. The molecule has 6 heteroatoms. The van der Waals surface area contributed by atoms with Gasteiger partial charge in [0.05, 0.1) is 5.56 Å². The zero-order valence-electron chi connectivity index (χ0n) is 13.3. The van der Waals surface area contributed by atoms with Gasteiger partial charge in [0, 0.05) is 9.35 Å². The Morgan fingerprint density at radius 3 is 2.80 bits per heavy atom. The van der Waals surface area contributed by atoms with Crippen LogP contribution in [-0.2, 0) is 17.6 Å². The lowest BCUT2D eigenvalue weighted by Crippen LogP contribution is -2.13. The van der Waals surface area contributed by atoms with Crippen molar-refractivity contribution in [2.75, 3.05) is 5.32 Å². The molecule has 2 aromatic rings. The van der Waals surface area contributed by atoms with Crippen molar-refractivity contribution in [1.29, 1.82) is 10.5 Å². The number of fused-ring (bicyclic) bond motifs is 1. The Bertz CT molecular complexity index is 947. The predicted octanol–water partition coefficient (Wildman–Crippen LogP) is 4.81.